The minimum absolute atomic E-state index is 0.00530. The lowest BCUT2D eigenvalue weighted by Gasteiger charge is -2.35. The highest BCUT2D eigenvalue weighted by Gasteiger charge is 2.24. The number of hydrogen-bond acceptors (Lipinski definition) is 3. The summed E-state index contributed by atoms with van der Waals surface area (Å²) in [5.41, 5.74) is 3.98. The Bertz CT molecular complexity index is 888. The molecule has 0 bridgehead atoms. The molecule has 1 aliphatic heterocycles. The van der Waals surface area contributed by atoms with Crippen LogP contribution >= 0.6 is 0 Å². The summed E-state index contributed by atoms with van der Waals surface area (Å²) in [5, 5.41) is 0. The molecule has 0 saturated carbocycles. The first-order chi connectivity index (χ1) is 13.8. The molecule has 154 valence electrons. The third-order valence-corrected chi connectivity index (χ3v) is 5.47. The number of rotatable bonds is 5. The van der Waals surface area contributed by atoms with Crippen molar-refractivity contribution in [2.75, 3.05) is 32.8 Å². The van der Waals surface area contributed by atoms with Gasteiger partial charge in [-0.3, -0.25) is 9.59 Å². The maximum atomic E-state index is 13.0. The van der Waals surface area contributed by atoms with E-state index in [4.69, 9.17) is 4.74 Å². The molecule has 0 atom stereocenters. The van der Waals surface area contributed by atoms with Crippen molar-refractivity contribution in [1.29, 1.82) is 0 Å². The second-order valence-corrected chi connectivity index (χ2v) is 7.51. The molecule has 0 aliphatic carbocycles. The number of hydrogen-bond donors (Lipinski definition) is 0. The normalized spacial score (nSPS) is 14.1. The van der Waals surface area contributed by atoms with Gasteiger partial charge in [-0.15, -0.1) is 0 Å². The molecule has 2 amide bonds. The Hall–Kier alpha value is -2.89. The topological polar surface area (TPSA) is 49.9 Å². The number of ether oxygens (including phenoxy) is 1. The predicted octanol–water partition coefficient (Wildman–Crippen LogP) is 3.04. The van der Waals surface area contributed by atoms with Crippen molar-refractivity contribution < 1.29 is 18.7 Å². The van der Waals surface area contributed by atoms with E-state index in [-0.39, 0.29) is 30.7 Å². The largest absolute Gasteiger partial charge is 0.483 e. The molecule has 2 aromatic rings. The first-order valence-electron chi connectivity index (χ1n) is 9.84. The Balaban J connectivity index is 1.49. The Morgan fingerprint density at radius 3 is 2.03 bits per heavy atom. The number of amides is 2. The highest BCUT2D eigenvalue weighted by molar-refractivity contribution is 5.80. The molecule has 0 spiro atoms. The van der Waals surface area contributed by atoms with Crippen LogP contribution in [0.1, 0.15) is 22.3 Å². The van der Waals surface area contributed by atoms with Crippen LogP contribution in [0.2, 0.25) is 0 Å². The third-order valence-electron chi connectivity index (χ3n) is 5.47. The lowest BCUT2D eigenvalue weighted by molar-refractivity contribution is -0.140. The van der Waals surface area contributed by atoms with Crippen molar-refractivity contribution in [2.45, 2.75) is 27.2 Å². The summed E-state index contributed by atoms with van der Waals surface area (Å²) < 4.78 is 18.8. The zero-order valence-corrected chi connectivity index (χ0v) is 17.2. The minimum Gasteiger partial charge on any atom is -0.483 e. The van der Waals surface area contributed by atoms with Crippen LogP contribution < -0.4 is 4.74 Å². The SMILES string of the molecule is Cc1ccc(C)c(OCC(=O)N2CCN(C(=O)Cc3ccc(F)cc3)CC2)c1C. The molecule has 1 fully saturated rings. The van der Waals surface area contributed by atoms with E-state index in [1.54, 1.807) is 21.9 Å². The van der Waals surface area contributed by atoms with Gasteiger partial charge in [-0.05, 0) is 55.2 Å². The summed E-state index contributed by atoms with van der Waals surface area (Å²) >= 11 is 0. The Morgan fingerprint density at radius 1 is 0.862 bits per heavy atom. The van der Waals surface area contributed by atoms with Crippen molar-refractivity contribution >= 4 is 11.8 Å². The van der Waals surface area contributed by atoms with Crippen LogP contribution in [0, 0.1) is 26.6 Å². The van der Waals surface area contributed by atoms with Gasteiger partial charge in [0.1, 0.15) is 11.6 Å². The summed E-state index contributed by atoms with van der Waals surface area (Å²) in [4.78, 5) is 28.5. The molecule has 5 nitrogen and oxygen atoms in total. The molecular formula is C23H27FN2O3. The van der Waals surface area contributed by atoms with E-state index in [1.807, 2.05) is 32.9 Å². The second-order valence-electron chi connectivity index (χ2n) is 7.51. The van der Waals surface area contributed by atoms with E-state index >= 15 is 0 Å². The molecule has 2 aromatic carbocycles. The van der Waals surface area contributed by atoms with Crippen LogP contribution in [-0.4, -0.2) is 54.4 Å². The Labute approximate surface area is 171 Å². The van der Waals surface area contributed by atoms with E-state index < -0.39 is 0 Å². The molecule has 6 heteroatoms. The van der Waals surface area contributed by atoms with Gasteiger partial charge in [0.05, 0.1) is 6.42 Å². The molecule has 1 aliphatic rings. The molecule has 0 unspecified atom stereocenters. The average Bonchev–Trinajstić information content (AvgIpc) is 2.72. The molecule has 1 heterocycles. The quantitative estimate of drug-likeness (QED) is 0.778. The molecule has 1 saturated heterocycles. The number of carbonyl (C=O) groups is 2. The number of carbonyl (C=O) groups excluding carboxylic acids is 2. The fourth-order valence-electron chi connectivity index (χ4n) is 3.47. The fraction of sp³-hybridized carbons (Fsp3) is 0.391. The Kier molecular flexibility index (Phi) is 6.52. The molecule has 0 N–H and O–H groups in total. The molecule has 3 rings (SSSR count). The van der Waals surface area contributed by atoms with E-state index in [9.17, 15) is 14.0 Å². The second kappa shape index (κ2) is 9.07. The smallest absolute Gasteiger partial charge is 0.260 e. The van der Waals surface area contributed by atoms with Gasteiger partial charge in [-0.2, -0.15) is 0 Å². The lowest BCUT2D eigenvalue weighted by Crippen LogP contribution is -2.52. The zero-order valence-electron chi connectivity index (χ0n) is 17.2. The van der Waals surface area contributed by atoms with Crippen molar-refractivity contribution in [2.24, 2.45) is 0 Å². The van der Waals surface area contributed by atoms with Crippen LogP contribution in [-0.2, 0) is 16.0 Å². The van der Waals surface area contributed by atoms with Gasteiger partial charge in [-0.1, -0.05) is 24.3 Å². The third kappa shape index (κ3) is 5.13. The molecule has 29 heavy (non-hydrogen) atoms. The number of piperazine rings is 1. The van der Waals surface area contributed by atoms with Crippen LogP contribution in [0.4, 0.5) is 4.39 Å². The maximum Gasteiger partial charge on any atom is 0.260 e. The molecular weight excluding hydrogens is 371 g/mol. The molecule has 0 radical (unpaired) electrons. The van der Waals surface area contributed by atoms with Crippen LogP contribution in [0.15, 0.2) is 36.4 Å². The van der Waals surface area contributed by atoms with Crippen molar-refractivity contribution in [1.82, 2.24) is 9.80 Å². The first kappa shape index (κ1) is 20.8. The van der Waals surface area contributed by atoms with Crippen LogP contribution in [0.5, 0.6) is 5.75 Å². The highest BCUT2D eigenvalue weighted by atomic mass is 19.1. The molecule has 0 aromatic heterocycles. The number of halogens is 1. The number of benzene rings is 2. The van der Waals surface area contributed by atoms with Gasteiger partial charge < -0.3 is 14.5 Å². The lowest BCUT2D eigenvalue weighted by atomic mass is 10.1. The predicted molar refractivity (Wildman–Crippen MR) is 109 cm³/mol. The van der Waals surface area contributed by atoms with Gasteiger partial charge in [0, 0.05) is 26.2 Å². The van der Waals surface area contributed by atoms with E-state index in [1.165, 1.54) is 12.1 Å². The van der Waals surface area contributed by atoms with E-state index in [2.05, 4.69) is 0 Å². The summed E-state index contributed by atoms with van der Waals surface area (Å²) in [6.07, 6.45) is 0.239. The van der Waals surface area contributed by atoms with Gasteiger partial charge in [-0.25, -0.2) is 4.39 Å². The van der Waals surface area contributed by atoms with E-state index in [0.29, 0.717) is 26.2 Å². The van der Waals surface area contributed by atoms with Crippen LogP contribution in [0.3, 0.4) is 0 Å². The summed E-state index contributed by atoms with van der Waals surface area (Å²) in [7, 11) is 0. The zero-order chi connectivity index (χ0) is 21.0. The average molecular weight is 398 g/mol. The minimum atomic E-state index is -0.313. The standard InChI is InChI=1S/C23H27FN2O3/c1-16-4-5-17(2)23(18(16)3)29-15-22(28)26-12-10-25(11-13-26)21(27)14-19-6-8-20(24)9-7-19/h4-9H,10-15H2,1-3H3. The van der Waals surface area contributed by atoms with Gasteiger partial charge >= 0.3 is 0 Å². The van der Waals surface area contributed by atoms with Gasteiger partial charge in [0.2, 0.25) is 5.91 Å². The van der Waals surface area contributed by atoms with E-state index in [0.717, 1.165) is 28.0 Å². The fourth-order valence-corrected chi connectivity index (χ4v) is 3.47. The van der Waals surface area contributed by atoms with Crippen molar-refractivity contribution in [3.05, 3.63) is 64.5 Å². The van der Waals surface area contributed by atoms with Crippen molar-refractivity contribution in [3.8, 4) is 5.75 Å². The van der Waals surface area contributed by atoms with Crippen molar-refractivity contribution in [3.63, 3.8) is 0 Å². The van der Waals surface area contributed by atoms with Gasteiger partial charge in [0.15, 0.2) is 6.61 Å². The summed E-state index contributed by atoms with van der Waals surface area (Å²) in [5.74, 6) is 0.375. The van der Waals surface area contributed by atoms with Gasteiger partial charge in [0.25, 0.3) is 5.91 Å². The monoisotopic (exact) mass is 398 g/mol. The Morgan fingerprint density at radius 2 is 1.41 bits per heavy atom. The summed E-state index contributed by atoms with van der Waals surface area (Å²) in [6.45, 7) is 7.94. The highest BCUT2D eigenvalue weighted by Crippen LogP contribution is 2.25. The van der Waals surface area contributed by atoms with Crippen LogP contribution in [0.25, 0.3) is 0 Å². The maximum absolute atomic E-state index is 13.0. The summed E-state index contributed by atoms with van der Waals surface area (Å²) in [6, 6.07) is 10.0. The number of aryl methyl sites for hydroxylation is 2. The first-order valence-corrected chi connectivity index (χ1v) is 9.84. The number of nitrogens with zero attached hydrogens (tertiary/aromatic N) is 2.